The first-order chi connectivity index (χ1) is 36.1. The number of fused-ring (bicyclic) bond motifs is 6. The number of hydrogen-bond acceptors (Lipinski definition) is 15. The second kappa shape index (κ2) is 22.3. The summed E-state index contributed by atoms with van der Waals surface area (Å²) in [6.07, 6.45) is 13.1. The Morgan fingerprint density at radius 2 is 1.23 bits per heavy atom. The number of hydroxylamine groups is 2. The molecule has 3 heterocycles. The highest BCUT2D eigenvalue weighted by Gasteiger charge is 2.47. The van der Waals surface area contributed by atoms with Crippen molar-refractivity contribution in [1.82, 2.24) is 5.06 Å². The topological polar surface area (TPSA) is 342 Å². The fourth-order valence-electron chi connectivity index (χ4n) is 10.6. The summed E-state index contributed by atoms with van der Waals surface area (Å²) in [4.78, 5) is 41.6. The number of allylic oxidation sites excluding steroid dienone is 8. The molecule has 0 aromatic heterocycles. The van der Waals surface area contributed by atoms with Crippen LogP contribution in [0.5, 0.6) is 0 Å². The number of rotatable bonds is 22. The first kappa shape index (κ1) is 59.6. The highest BCUT2D eigenvalue weighted by molar-refractivity contribution is 7.87. The van der Waals surface area contributed by atoms with Crippen LogP contribution in [0.2, 0.25) is 0 Å². The molecule has 1 fully saturated rings. The van der Waals surface area contributed by atoms with Gasteiger partial charge in [0.1, 0.15) is 11.4 Å². The highest BCUT2D eigenvalue weighted by Crippen LogP contribution is 2.54. The summed E-state index contributed by atoms with van der Waals surface area (Å²) in [5.74, 6) is -3.18. The highest BCUT2D eigenvalue weighted by atomic mass is 32.2. The number of imide groups is 1. The molecule has 0 bridgehead atoms. The van der Waals surface area contributed by atoms with Gasteiger partial charge in [-0.25, -0.2) is 4.79 Å². The molecule has 4 aromatic rings. The Morgan fingerprint density at radius 1 is 0.654 bits per heavy atom. The van der Waals surface area contributed by atoms with Gasteiger partial charge in [0.05, 0.1) is 26.7 Å². The molecule has 5 N–H and O–H groups in total. The molecular formula is C51H58N3O19S5+. The molecular weight excluding hydrogens is 1120 g/mol. The van der Waals surface area contributed by atoms with Gasteiger partial charge in [-0.3, -0.25) is 32.4 Å². The van der Waals surface area contributed by atoms with Gasteiger partial charge in [0.25, 0.3) is 62.4 Å². The van der Waals surface area contributed by atoms with Crippen LogP contribution in [0.25, 0.3) is 21.5 Å². The van der Waals surface area contributed by atoms with E-state index >= 15 is 0 Å². The molecule has 1 saturated heterocycles. The largest absolute Gasteiger partial charge is 0.344 e. The number of aryl methyl sites for hydroxylation is 1. The summed E-state index contributed by atoms with van der Waals surface area (Å²) in [7, 11) is -23.5. The second-order valence-electron chi connectivity index (χ2n) is 19.9. The predicted molar refractivity (Wildman–Crippen MR) is 287 cm³/mol. The number of amides is 2. The van der Waals surface area contributed by atoms with Crippen molar-refractivity contribution in [3.8, 4) is 0 Å². The van der Waals surface area contributed by atoms with E-state index in [1.807, 2.05) is 17.9 Å². The minimum Gasteiger partial charge on any atom is -0.344 e. The van der Waals surface area contributed by atoms with Crippen molar-refractivity contribution in [3.63, 3.8) is 0 Å². The zero-order chi connectivity index (χ0) is 57.6. The van der Waals surface area contributed by atoms with Crippen molar-refractivity contribution in [2.24, 2.45) is 0 Å². The summed E-state index contributed by atoms with van der Waals surface area (Å²) in [6, 6.07) is 10.9. The van der Waals surface area contributed by atoms with Gasteiger partial charge in [0.2, 0.25) is 5.69 Å². The molecule has 1 atom stereocenters. The van der Waals surface area contributed by atoms with Gasteiger partial charge in [-0.15, -0.1) is 5.06 Å². The van der Waals surface area contributed by atoms with Crippen LogP contribution in [0.4, 0.5) is 11.4 Å². The average Bonchev–Trinajstić information content (AvgIpc) is 3.99. The summed E-state index contributed by atoms with van der Waals surface area (Å²) in [5.41, 5.74) is 1.72. The van der Waals surface area contributed by atoms with Crippen LogP contribution in [0, 0.1) is 6.92 Å². The summed E-state index contributed by atoms with van der Waals surface area (Å²) >= 11 is 0. The average molecular weight is 1180 g/mol. The molecule has 4 aromatic carbocycles. The van der Waals surface area contributed by atoms with E-state index in [1.165, 1.54) is 24.3 Å². The fourth-order valence-corrected chi connectivity index (χ4v) is 13.5. The van der Waals surface area contributed by atoms with Crippen molar-refractivity contribution in [3.05, 3.63) is 113 Å². The van der Waals surface area contributed by atoms with Crippen LogP contribution >= 0.6 is 0 Å². The van der Waals surface area contributed by atoms with Crippen molar-refractivity contribution >= 4 is 107 Å². The molecule has 2 amide bonds. The quantitative estimate of drug-likeness (QED) is 0.0176. The Bertz CT molecular complexity index is 3900. The number of anilines is 1. The van der Waals surface area contributed by atoms with Gasteiger partial charge in [0.15, 0.2) is 5.71 Å². The lowest BCUT2D eigenvalue weighted by Crippen LogP contribution is -2.32. The van der Waals surface area contributed by atoms with Crippen LogP contribution < -0.4 is 4.90 Å². The van der Waals surface area contributed by atoms with E-state index < -0.39 is 101 Å². The lowest BCUT2D eigenvalue weighted by atomic mass is 9.75. The molecule has 420 valence electrons. The van der Waals surface area contributed by atoms with Crippen LogP contribution in [-0.4, -0.2) is 123 Å². The Hall–Kier alpha value is -6.01. The van der Waals surface area contributed by atoms with E-state index in [0.29, 0.717) is 87.1 Å². The van der Waals surface area contributed by atoms with Gasteiger partial charge in [0, 0.05) is 72.1 Å². The lowest BCUT2D eigenvalue weighted by Gasteiger charge is -2.31. The number of nitrogens with zero attached hydrogens (tertiary/aromatic N) is 3. The van der Waals surface area contributed by atoms with Crippen molar-refractivity contribution in [1.29, 1.82) is 0 Å². The zero-order valence-electron chi connectivity index (χ0n) is 42.7. The minimum absolute atomic E-state index is 0.00517. The predicted octanol–water partition coefficient (Wildman–Crippen LogP) is 6.86. The Labute approximate surface area is 452 Å². The first-order valence-electron chi connectivity index (χ1n) is 24.4. The van der Waals surface area contributed by atoms with Crippen molar-refractivity contribution in [2.75, 3.05) is 29.5 Å². The van der Waals surface area contributed by atoms with E-state index in [-0.39, 0.29) is 60.9 Å². The third-order valence-electron chi connectivity index (χ3n) is 14.0. The molecule has 27 heteroatoms. The fraction of sp³-hybridized carbons (Fsp3) is 0.373. The molecule has 0 saturated carbocycles. The molecule has 1 unspecified atom stereocenters. The van der Waals surface area contributed by atoms with Crippen LogP contribution in [-0.2, 0) is 80.6 Å². The van der Waals surface area contributed by atoms with Crippen molar-refractivity contribution in [2.45, 2.75) is 111 Å². The van der Waals surface area contributed by atoms with E-state index in [2.05, 4.69) is 0 Å². The maximum absolute atomic E-state index is 12.6. The molecule has 0 radical (unpaired) electrons. The summed E-state index contributed by atoms with van der Waals surface area (Å²) in [6.45, 7) is 7.20. The second-order valence-corrected chi connectivity index (χ2v) is 27.3. The van der Waals surface area contributed by atoms with Gasteiger partial charge in [-0.05, 0) is 117 Å². The SMILES string of the molecule is Cc1cc(S(=O)(=O)O)cc2c3c(ccc12)N(CCCS(=O)(=O)O)C(=CC=CC=CC=CC1=[N+](CCCS(=O)(=O)O)c2ccc4c(S(=O)(=O)O)cc(S(=O)(=O)O)cc4c2C1(C)C)C3(C)CCCCCC(=O)ON1C(=O)CCC1=O. The molecule has 78 heavy (non-hydrogen) atoms. The van der Waals surface area contributed by atoms with Gasteiger partial charge < -0.3 is 9.74 Å². The van der Waals surface area contributed by atoms with Crippen LogP contribution in [0.15, 0.2) is 111 Å². The molecule has 7 rings (SSSR count). The molecule has 22 nitrogen and oxygen atoms in total. The maximum atomic E-state index is 12.6. The summed E-state index contributed by atoms with van der Waals surface area (Å²) < 4.78 is 174. The summed E-state index contributed by atoms with van der Waals surface area (Å²) in [5, 5.41) is 1.64. The Kier molecular flexibility index (Phi) is 17.0. The third kappa shape index (κ3) is 13.0. The van der Waals surface area contributed by atoms with E-state index in [9.17, 15) is 79.2 Å². The molecule has 3 aliphatic heterocycles. The van der Waals surface area contributed by atoms with Gasteiger partial charge >= 0.3 is 5.97 Å². The first-order valence-corrected chi connectivity index (χ1v) is 31.9. The van der Waals surface area contributed by atoms with Crippen LogP contribution in [0.1, 0.15) is 95.2 Å². The number of carbonyl (C=O) groups excluding carboxylic acids is 3. The Morgan fingerprint density at radius 3 is 1.85 bits per heavy atom. The van der Waals surface area contributed by atoms with Gasteiger partial charge in [-0.1, -0.05) is 49.3 Å². The number of hydrogen-bond donors (Lipinski definition) is 5. The normalized spacial score (nSPS) is 18.8. The Balaban J connectivity index is 1.25. The number of carbonyl (C=O) groups is 3. The van der Waals surface area contributed by atoms with Crippen LogP contribution in [0.3, 0.4) is 0 Å². The minimum atomic E-state index is -5.04. The number of benzene rings is 4. The molecule has 0 spiro atoms. The number of unbranched alkanes of at least 4 members (excludes halogenated alkanes) is 2. The molecule has 3 aliphatic rings. The van der Waals surface area contributed by atoms with E-state index in [4.69, 9.17) is 4.84 Å². The third-order valence-corrected chi connectivity index (χ3v) is 18.2. The molecule has 0 aliphatic carbocycles. The standard InChI is InChI=1S/C51H57N3O19S5/c1-33-29-34(76(64,65)66)30-38-36(33)18-20-41-49(38)51(4,24-12-8-11-17-47(57)73-54-45(55)22-23-46(54)56)44(53(41)26-14-28-75(61,62)63)16-10-7-5-6-9-15-43-50(2,3)48-39-31-35(77(67,68)69)32-42(78(70,71)72)37(39)19-21-40(48)52(43)25-13-27-74(58,59)60/h5-7,9-10,15-16,18-21,29-32H,8,11-14,17,22-28H2,1-4H3,(H4-,58,59,60,61,62,63,64,65,66,67,68,69,70,71,72)/p+1. The van der Waals surface area contributed by atoms with Crippen molar-refractivity contribution < 1.29 is 88.6 Å². The lowest BCUT2D eigenvalue weighted by molar-refractivity contribution is -0.437. The van der Waals surface area contributed by atoms with E-state index in [0.717, 1.165) is 6.07 Å². The zero-order valence-corrected chi connectivity index (χ0v) is 46.8. The maximum Gasteiger partial charge on any atom is 0.333 e. The van der Waals surface area contributed by atoms with E-state index in [1.54, 1.807) is 73.9 Å². The smallest absolute Gasteiger partial charge is 0.333 e. The van der Waals surface area contributed by atoms with Gasteiger partial charge in [-0.2, -0.15) is 46.7 Å². The monoisotopic (exact) mass is 1180 g/mol.